The van der Waals surface area contributed by atoms with Crippen molar-refractivity contribution in [1.29, 1.82) is 0 Å². The van der Waals surface area contributed by atoms with Crippen molar-refractivity contribution in [3.63, 3.8) is 0 Å². The van der Waals surface area contributed by atoms with Crippen LogP contribution in [0.4, 0.5) is 4.39 Å². The SMILES string of the molecule is CC[C@@]1(O)C(=O)OCc2c1cc1n(c2=O)Cc2c-1nc1cc(F)c(C)cc1c2CCNC(C)C. The second-order valence-corrected chi connectivity index (χ2v) is 9.50. The molecule has 2 aliphatic heterocycles. The molecule has 4 heterocycles. The maximum atomic E-state index is 14.5. The molecule has 5 rings (SSSR count). The highest BCUT2D eigenvalue weighted by molar-refractivity contribution is 5.89. The predicted octanol–water partition coefficient (Wildman–Crippen LogP) is 3.07. The van der Waals surface area contributed by atoms with Gasteiger partial charge in [0.05, 0.1) is 29.0 Å². The summed E-state index contributed by atoms with van der Waals surface area (Å²) in [7, 11) is 0. The third-order valence-corrected chi connectivity index (χ3v) is 7.01. The van der Waals surface area contributed by atoms with E-state index in [-0.39, 0.29) is 35.5 Å². The number of cyclic esters (lactones) is 1. The van der Waals surface area contributed by atoms with Crippen LogP contribution < -0.4 is 10.9 Å². The summed E-state index contributed by atoms with van der Waals surface area (Å²) in [6.07, 6.45) is 0.768. The molecular weight excluding hydrogens is 437 g/mol. The molecule has 3 aromatic rings. The van der Waals surface area contributed by atoms with Crippen LogP contribution in [0.1, 0.15) is 55.0 Å². The lowest BCUT2D eigenvalue weighted by Crippen LogP contribution is -2.44. The Morgan fingerprint density at radius 2 is 2.03 bits per heavy atom. The number of benzene rings is 1. The Morgan fingerprint density at radius 3 is 2.74 bits per heavy atom. The fourth-order valence-electron chi connectivity index (χ4n) is 5.06. The highest BCUT2D eigenvalue weighted by Crippen LogP contribution is 2.40. The minimum absolute atomic E-state index is 0.0797. The van der Waals surface area contributed by atoms with E-state index in [9.17, 15) is 19.1 Å². The molecular formula is C26H28FN3O4. The fraction of sp³-hybridized carbons (Fsp3) is 0.423. The van der Waals surface area contributed by atoms with Crippen LogP contribution in [-0.4, -0.2) is 33.2 Å². The number of aliphatic hydroxyl groups is 1. The van der Waals surface area contributed by atoms with Gasteiger partial charge in [0.15, 0.2) is 5.60 Å². The van der Waals surface area contributed by atoms with E-state index in [0.717, 1.165) is 23.1 Å². The van der Waals surface area contributed by atoms with Crippen LogP contribution in [0.3, 0.4) is 0 Å². The monoisotopic (exact) mass is 465 g/mol. The number of fused-ring (bicyclic) bond motifs is 5. The molecule has 0 unspecified atom stereocenters. The molecule has 2 N–H and O–H groups in total. The minimum Gasteiger partial charge on any atom is -0.458 e. The molecule has 0 saturated carbocycles. The van der Waals surface area contributed by atoms with Crippen molar-refractivity contribution in [3.8, 4) is 11.4 Å². The highest BCUT2D eigenvalue weighted by atomic mass is 19.1. The van der Waals surface area contributed by atoms with Crippen molar-refractivity contribution in [2.75, 3.05) is 6.54 Å². The van der Waals surface area contributed by atoms with Crippen LogP contribution in [0.25, 0.3) is 22.3 Å². The average molecular weight is 466 g/mol. The molecule has 0 fully saturated rings. The summed E-state index contributed by atoms with van der Waals surface area (Å²) >= 11 is 0. The number of rotatable bonds is 5. The molecule has 2 aliphatic rings. The number of nitrogens with one attached hydrogen (secondary N) is 1. The van der Waals surface area contributed by atoms with E-state index in [1.165, 1.54) is 6.07 Å². The number of aromatic nitrogens is 2. The molecule has 7 nitrogen and oxygen atoms in total. The van der Waals surface area contributed by atoms with Gasteiger partial charge >= 0.3 is 5.97 Å². The number of esters is 1. The van der Waals surface area contributed by atoms with Gasteiger partial charge in [-0.3, -0.25) is 4.79 Å². The van der Waals surface area contributed by atoms with Crippen molar-refractivity contribution in [2.24, 2.45) is 0 Å². The molecule has 34 heavy (non-hydrogen) atoms. The van der Waals surface area contributed by atoms with Gasteiger partial charge < -0.3 is 19.7 Å². The maximum Gasteiger partial charge on any atom is 0.343 e. The van der Waals surface area contributed by atoms with Gasteiger partial charge in [-0.2, -0.15) is 0 Å². The first-order valence-electron chi connectivity index (χ1n) is 11.7. The smallest absolute Gasteiger partial charge is 0.343 e. The van der Waals surface area contributed by atoms with Gasteiger partial charge in [0.25, 0.3) is 5.56 Å². The van der Waals surface area contributed by atoms with Crippen LogP contribution in [0.15, 0.2) is 23.0 Å². The van der Waals surface area contributed by atoms with E-state index < -0.39 is 11.6 Å². The standard InChI is InChI=1S/C26H28FN3O4/c1-5-26(33)19-9-22-23-17(11-30(22)24(31)18(19)12-34-25(26)32)15(6-7-28-13(2)3)16-8-14(4)20(27)10-21(16)29-23/h8-10,13,28,33H,5-7,11-12H2,1-4H3/t26-/m0/s1. The van der Waals surface area contributed by atoms with Crippen LogP contribution in [0.2, 0.25) is 0 Å². The topological polar surface area (TPSA) is 93.5 Å². The molecule has 0 bridgehead atoms. The maximum absolute atomic E-state index is 14.5. The molecule has 0 radical (unpaired) electrons. The highest BCUT2D eigenvalue weighted by Gasteiger charge is 2.45. The number of pyridine rings is 2. The van der Waals surface area contributed by atoms with E-state index >= 15 is 0 Å². The predicted molar refractivity (Wildman–Crippen MR) is 126 cm³/mol. The first-order valence-corrected chi connectivity index (χ1v) is 11.7. The molecule has 2 aromatic heterocycles. The molecule has 1 aromatic carbocycles. The van der Waals surface area contributed by atoms with Gasteiger partial charge in [-0.25, -0.2) is 14.2 Å². The van der Waals surface area contributed by atoms with Crippen molar-refractivity contribution in [3.05, 3.63) is 62.2 Å². The molecule has 0 aliphatic carbocycles. The quantitative estimate of drug-likeness (QED) is 0.440. The third kappa shape index (κ3) is 3.27. The van der Waals surface area contributed by atoms with E-state index in [1.807, 2.05) is 6.07 Å². The van der Waals surface area contributed by atoms with Gasteiger partial charge in [0.2, 0.25) is 0 Å². The number of carbonyl (C=O) groups is 1. The molecule has 178 valence electrons. The number of nitrogens with zero attached hydrogens (tertiary/aromatic N) is 2. The number of carbonyl (C=O) groups excluding carboxylic acids is 1. The van der Waals surface area contributed by atoms with Gasteiger partial charge in [-0.1, -0.05) is 20.8 Å². The first kappa shape index (κ1) is 22.7. The second-order valence-electron chi connectivity index (χ2n) is 9.50. The summed E-state index contributed by atoms with van der Waals surface area (Å²) in [5.74, 6) is -1.09. The molecule has 0 amide bonds. The van der Waals surface area contributed by atoms with E-state index in [2.05, 4.69) is 19.2 Å². The fourth-order valence-corrected chi connectivity index (χ4v) is 5.06. The van der Waals surface area contributed by atoms with Gasteiger partial charge in [0.1, 0.15) is 12.4 Å². The Kier molecular flexibility index (Phi) is 5.33. The lowest BCUT2D eigenvalue weighted by molar-refractivity contribution is -0.172. The summed E-state index contributed by atoms with van der Waals surface area (Å²) in [5, 5.41) is 15.4. The van der Waals surface area contributed by atoms with Gasteiger partial charge in [-0.15, -0.1) is 0 Å². The number of ether oxygens (including phenoxy) is 1. The second kappa shape index (κ2) is 7.99. The molecule has 0 spiro atoms. The zero-order valence-corrected chi connectivity index (χ0v) is 19.8. The van der Waals surface area contributed by atoms with Crippen molar-refractivity contribution in [2.45, 2.75) is 65.3 Å². The van der Waals surface area contributed by atoms with Crippen molar-refractivity contribution in [1.82, 2.24) is 14.9 Å². The number of aryl methyl sites for hydroxylation is 1. The molecule has 1 atom stereocenters. The van der Waals surface area contributed by atoms with Crippen LogP contribution in [0.5, 0.6) is 0 Å². The first-order chi connectivity index (χ1) is 16.2. The normalized spacial score (nSPS) is 18.7. The Bertz CT molecular complexity index is 1410. The summed E-state index contributed by atoms with van der Waals surface area (Å²) < 4.78 is 21.2. The molecule has 8 heteroatoms. The van der Waals surface area contributed by atoms with Gasteiger partial charge in [0, 0.05) is 28.6 Å². The molecule has 0 saturated heterocycles. The third-order valence-electron chi connectivity index (χ3n) is 7.01. The number of hydrogen-bond donors (Lipinski definition) is 2. The van der Waals surface area contributed by atoms with Crippen molar-refractivity contribution < 1.29 is 19.0 Å². The average Bonchev–Trinajstić information content (AvgIpc) is 3.16. The van der Waals surface area contributed by atoms with Crippen LogP contribution in [-0.2, 0) is 34.7 Å². The Hall–Kier alpha value is -3.10. The van der Waals surface area contributed by atoms with E-state index in [1.54, 1.807) is 24.5 Å². The summed E-state index contributed by atoms with van der Waals surface area (Å²) in [6.45, 7) is 8.43. The Morgan fingerprint density at radius 1 is 1.26 bits per heavy atom. The zero-order valence-electron chi connectivity index (χ0n) is 19.8. The number of halogens is 1. The zero-order chi connectivity index (χ0) is 24.4. The van der Waals surface area contributed by atoms with Crippen molar-refractivity contribution >= 4 is 16.9 Å². The number of hydrogen-bond acceptors (Lipinski definition) is 6. The Labute approximate surface area is 196 Å². The summed E-state index contributed by atoms with van der Waals surface area (Å²) in [6, 6.07) is 5.26. The minimum atomic E-state index is -1.88. The van der Waals surface area contributed by atoms with Crippen LogP contribution in [0, 0.1) is 12.7 Å². The van der Waals surface area contributed by atoms with Gasteiger partial charge in [-0.05, 0) is 49.6 Å². The van der Waals surface area contributed by atoms with Crippen LogP contribution >= 0.6 is 0 Å². The van der Waals surface area contributed by atoms with E-state index in [4.69, 9.17) is 9.72 Å². The summed E-state index contributed by atoms with van der Waals surface area (Å²) in [5.41, 5.74) is 2.49. The Balaban J connectivity index is 1.76. The lowest BCUT2D eigenvalue weighted by Gasteiger charge is -2.31. The summed E-state index contributed by atoms with van der Waals surface area (Å²) in [4.78, 5) is 30.6. The lowest BCUT2D eigenvalue weighted by atomic mass is 9.86. The van der Waals surface area contributed by atoms with E-state index in [0.29, 0.717) is 41.5 Å². The largest absolute Gasteiger partial charge is 0.458 e.